The zero-order valence-corrected chi connectivity index (χ0v) is 22.1. The molecule has 198 valence electrons. The number of Topliss-reactive ketones (excluding diaryl/α,β-unsaturated/α-hetero) is 1. The topological polar surface area (TPSA) is 110 Å². The summed E-state index contributed by atoms with van der Waals surface area (Å²) in [7, 11) is 0. The van der Waals surface area contributed by atoms with E-state index in [1.807, 2.05) is 57.2 Å². The first-order valence-corrected chi connectivity index (χ1v) is 13.0. The van der Waals surface area contributed by atoms with Gasteiger partial charge in [0.25, 0.3) is 0 Å². The molecule has 2 saturated carbocycles. The molecular weight excluding hydrogens is 472 g/mol. The first-order valence-electron chi connectivity index (χ1n) is 13.0. The van der Waals surface area contributed by atoms with Crippen LogP contribution in [0.3, 0.4) is 0 Å². The van der Waals surface area contributed by atoms with Crippen molar-refractivity contribution in [1.82, 2.24) is 0 Å². The van der Waals surface area contributed by atoms with Gasteiger partial charge in [-0.3, -0.25) is 14.4 Å². The zero-order valence-electron chi connectivity index (χ0n) is 22.1. The number of ketones is 1. The van der Waals surface area contributed by atoms with Crippen molar-refractivity contribution in [2.24, 2.45) is 29.1 Å². The summed E-state index contributed by atoms with van der Waals surface area (Å²) in [6, 6.07) is 9.44. The fourth-order valence-corrected chi connectivity index (χ4v) is 7.78. The van der Waals surface area contributed by atoms with E-state index in [1.54, 1.807) is 13.0 Å². The maximum atomic E-state index is 13.2. The maximum absolute atomic E-state index is 13.2. The Labute approximate surface area is 217 Å². The Morgan fingerprint density at radius 2 is 1.78 bits per heavy atom. The number of ether oxygens (including phenoxy) is 2. The minimum atomic E-state index is -1.82. The predicted octanol–water partition coefficient (Wildman–Crippen LogP) is 3.32. The number of hydrogen-bond acceptors (Lipinski definition) is 7. The van der Waals surface area contributed by atoms with Gasteiger partial charge in [0.05, 0.1) is 12.0 Å². The highest BCUT2D eigenvalue weighted by atomic mass is 16.6. The van der Waals surface area contributed by atoms with Gasteiger partial charge >= 0.3 is 11.9 Å². The van der Waals surface area contributed by atoms with Gasteiger partial charge in [-0.1, -0.05) is 63.3 Å². The maximum Gasteiger partial charge on any atom is 0.310 e. The molecule has 0 heterocycles. The van der Waals surface area contributed by atoms with Crippen molar-refractivity contribution in [2.45, 2.75) is 70.7 Å². The first kappa shape index (κ1) is 25.9. The van der Waals surface area contributed by atoms with Gasteiger partial charge in [0.15, 0.2) is 5.78 Å². The summed E-state index contributed by atoms with van der Waals surface area (Å²) in [5.41, 5.74) is -2.64. The lowest BCUT2D eigenvalue weighted by atomic mass is 9.60. The van der Waals surface area contributed by atoms with Crippen LogP contribution in [0, 0.1) is 29.1 Å². The van der Waals surface area contributed by atoms with Gasteiger partial charge in [-0.15, -0.1) is 0 Å². The highest BCUT2D eigenvalue weighted by molar-refractivity contribution is 6.04. The fourth-order valence-electron chi connectivity index (χ4n) is 7.78. The van der Waals surface area contributed by atoms with E-state index in [9.17, 15) is 24.6 Å². The molecule has 7 atom stereocenters. The van der Waals surface area contributed by atoms with Crippen LogP contribution >= 0.6 is 0 Å². The summed E-state index contributed by atoms with van der Waals surface area (Å²) in [6.45, 7) is 8.88. The molecule has 0 bridgehead atoms. The summed E-state index contributed by atoms with van der Waals surface area (Å²) in [6.07, 6.45) is 4.12. The molecule has 4 aliphatic rings. The molecule has 0 radical (unpaired) electrons. The number of fused-ring (bicyclic) bond motifs is 5. The lowest BCUT2D eigenvalue weighted by Crippen LogP contribution is -2.61. The molecule has 2 N–H and O–H groups in total. The number of carbonyl (C=O) groups is 3. The average Bonchev–Trinajstić information content (AvgIpc) is 3.22. The highest BCUT2D eigenvalue weighted by Gasteiger charge is 2.83. The van der Waals surface area contributed by atoms with Gasteiger partial charge in [-0.2, -0.15) is 0 Å². The Morgan fingerprint density at radius 3 is 2.43 bits per heavy atom. The normalized spacial score (nSPS) is 39.3. The smallest absolute Gasteiger partial charge is 0.310 e. The second-order valence-electron chi connectivity index (χ2n) is 12.1. The Morgan fingerprint density at radius 1 is 1.11 bits per heavy atom. The van der Waals surface area contributed by atoms with Crippen LogP contribution in [0.15, 0.2) is 53.6 Å². The largest absolute Gasteiger partial charge is 0.461 e. The van der Waals surface area contributed by atoms with Gasteiger partial charge in [0.2, 0.25) is 0 Å². The van der Waals surface area contributed by atoms with Crippen molar-refractivity contribution in [3.8, 4) is 0 Å². The standard InChI is InChI=1S/C30H36O7/c1-17-11-23-28(34,26(17)33)15-21(16-36-19(3)31)12-22-25-27(4,5)29(25,14-18(2)30(22,23)35)37-24(32)13-20-9-7-6-8-10-20/h6-12,18,22-23,25,34-35H,13-16H2,1-5H3/t18-,22?,23-,25-,28-,29+,30-/m1/s1. The Kier molecular flexibility index (Phi) is 5.85. The van der Waals surface area contributed by atoms with E-state index in [2.05, 4.69) is 0 Å². The van der Waals surface area contributed by atoms with Gasteiger partial charge in [-0.05, 0) is 36.0 Å². The quantitative estimate of drug-likeness (QED) is 0.464. The monoisotopic (exact) mass is 508 g/mol. The van der Waals surface area contributed by atoms with Crippen LogP contribution < -0.4 is 0 Å². The van der Waals surface area contributed by atoms with E-state index in [0.717, 1.165) is 5.56 Å². The van der Waals surface area contributed by atoms with Crippen molar-refractivity contribution in [1.29, 1.82) is 0 Å². The molecule has 0 amide bonds. The lowest BCUT2D eigenvalue weighted by Gasteiger charge is -2.50. The fraction of sp³-hybridized carbons (Fsp3) is 0.567. The van der Waals surface area contributed by atoms with Crippen LogP contribution in [-0.4, -0.2) is 51.3 Å². The van der Waals surface area contributed by atoms with Gasteiger partial charge in [0.1, 0.15) is 17.8 Å². The third-order valence-electron chi connectivity index (χ3n) is 9.62. The van der Waals surface area contributed by atoms with Crippen LogP contribution in [0.4, 0.5) is 0 Å². The van der Waals surface area contributed by atoms with Gasteiger partial charge in [-0.25, -0.2) is 0 Å². The van der Waals surface area contributed by atoms with Crippen molar-refractivity contribution < 1.29 is 34.1 Å². The number of esters is 2. The van der Waals surface area contributed by atoms with Crippen molar-refractivity contribution in [2.75, 3.05) is 6.61 Å². The Balaban J connectivity index is 1.54. The van der Waals surface area contributed by atoms with Crippen molar-refractivity contribution in [3.63, 3.8) is 0 Å². The molecule has 0 saturated heterocycles. The minimum Gasteiger partial charge on any atom is -0.461 e. The molecule has 1 aromatic carbocycles. The van der Waals surface area contributed by atoms with E-state index < -0.39 is 51.7 Å². The van der Waals surface area contributed by atoms with Crippen LogP contribution in [0.25, 0.3) is 0 Å². The number of carbonyl (C=O) groups excluding carboxylic acids is 3. The molecule has 5 rings (SSSR count). The molecule has 7 nitrogen and oxygen atoms in total. The van der Waals surface area contributed by atoms with Crippen molar-refractivity contribution in [3.05, 3.63) is 59.2 Å². The zero-order chi connectivity index (χ0) is 27.0. The number of benzene rings is 1. The second-order valence-corrected chi connectivity index (χ2v) is 12.1. The molecule has 37 heavy (non-hydrogen) atoms. The van der Waals surface area contributed by atoms with Crippen molar-refractivity contribution >= 4 is 17.7 Å². The van der Waals surface area contributed by atoms with E-state index in [0.29, 0.717) is 17.6 Å². The van der Waals surface area contributed by atoms with E-state index in [4.69, 9.17) is 9.47 Å². The summed E-state index contributed by atoms with van der Waals surface area (Å²) in [5, 5.41) is 24.2. The minimum absolute atomic E-state index is 0.0307. The molecule has 4 aliphatic carbocycles. The first-order chi connectivity index (χ1) is 17.3. The summed E-state index contributed by atoms with van der Waals surface area (Å²) in [4.78, 5) is 37.9. The average molecular weight is 509 g/mol. The second kappa shape index (κ2) is 8.37. The summed E-state index contributed by atoms with van der Waals surface area (Å²) >= 11 is 0. The van der Waals surface area contributed by atoms with Crippen LogP contribution in [0.2, 0.25) is 0 Å². The van der Waals surface area contributed by atoms with Crippen LogP contribution in [-0.2, 0) is 30.3 Å². The molecule has 0 spiro atoms. The SMILES string of the molecule is CC(=O)OCC1=CC2[C@@H]3C(C)(C)[C@]3(OC(=O)Cc3ccccc3)C[C@@H](C)[C@]2(O)[C@@H]2C=C(C)C(=O)[C@@]2(O)C1. The highest BCUT2D eigenvalue weighted by Crippen LogP contribution is 2.76. The summed E-state index contributed by atoms with van der Waals surface area (Å²) in [5.74, 6) is -3.17. The number of rotatable bonds is 5. The number of hydrogen-bond donors (Lipinski definition) is 2. The molecule has 2 fully saturated rings. The van der Waals surface area contributed by atoms with E-state index >= 15 is 0 Å². The third kappa shape index (κ3) is 3.65. The molecule has 1 unspecified atom stereocenters. The molecule has 0 aliphatic heterocycles. The van der Waals surface area contributed by atoms with Gasteiger partial charge < -0.3 is 19.7 Å². The van der Waals surface area contributed by atoms with E-state index in [-0.39, 0.29) is 31.3 Å². The summed E-state index contributed by atoms with van der Waals surface area (Å²) < 4.78 is 11.6. The molecule has 1 aromatic rings. The Hall–Kier alpha value is -2.77. The third-order valence-corrected chi connectivity index (χ3v) is 9.62. The van der Waals surface area contributed by atoms with Crippen LogP contribution in [0.1, 0.15) is 53.0 Å². The molecular formula is C30H36O7. The number of aliphatic hydroxyl groups is 2. The van der Waals surface area contributed by atoms with Crippen LogP contribution in [0.5, 0.6) is 0 Å². The molecule has 7 heteroatoms. The Bertz CT molecular complexity index is 1210. The molecule has 0 aromatic heterocycles. The van der Waals surface area contributed by atoms with Gasteiger partial charge in [0, 0.05) is 36.5 Å². The lowest BCUT2D eigenvalue weighted by molar-refractivity contribution is -0.186. The predicted molar refractivity (Wildman–Crippen MR) is 135 cm³/mol. The van der Waals surface area contributed by atoms with E-state index in [1.165, 1.54) is 6.92 Å².